The smallest absolute Gasteiger partial charge is 0.311 e. The molecule has 2 rings (SSSR count). The van der Waals surface area contributed by atoms with E-state index in [2.05, 4.69) is 15.3 Å². The third kappa shape index (κ3) is 2.48. The largest absolute Gasteiger partial charge is 0.490 e. The number of benzene rings is 1. The summed E-state index contributed by atoms with van der Waals surface area (Å²) in [6.45, 7) is 0. The van der Waals surface area contributed by atoms with E-state index in [1.807, 2.05) is 0 Å². The van der Waals surface area contributed by atoms with Crippen molar-refractivity contribution in [2.24, 2.45) is 5.10 Å². The van der Waals surface area contributed by atoms with Gasteiger partial charge in [0.05, 0.1) is 18.2 Å². The van der Waals surface area contributed by atoms with E-state index in [0.717, 1.165) is 0 Å². The molecule has 1 heterocycles. The molecule has 0 bridgehead atoms. The quantitative estimate of drug-likeness (QED) is 0.457. The second kappa shape index (κ2) is 5.04. The van der Waals surface area contributed by atoms with Crippen molar-refractivity contribution in [1.82, 2.24) is 14.9 Å². The number of nitro groups is 1. The molecular formula is C10H9N5O3. The first-order valence-electron chi connectivity index (χ1n) is 4.92. The molecule has 0 atom stereocenters. The van der Waals surface area contributed by atoms with Gasteiger partial charge in [-0.25, -0.2) is 4.68 Å². The monoisotopic (exact) mass is 247 g/mol. The zero-order valence-electron chi connectivity index (χ0n) is 9.42. The number of hydrogen-bond acceptors (Lipinski definition) is 6. The molecule has 0 spiro atoms. The van der Waals surface area contributed by atoms with Crippen molar-refractivity contribution in [3.8, 4) is 5.75 Å². The van der Waals surface area contributed by atoms with Crippen molar-refractivity contribution in [2.75, 3.05) is 7.11 Å². The van der Waals surface area contributed by atoms with Crippen LogP contribution in [0.2, 0.25) is 0 Å². The van der Waals surface area contributed by atoms with Crippen LogP contribution < -0.4 is 4.74 Å². The van der Waals surface area contributed by atoms with Crippen LogP contribution in [0.1, 0.15) is 5.56 Å². The number of aromatic nitrogens is 3. The fraction of sp³-hybridized carbons (Fsp3) is 0.100. The van der Waals surface area contributed by atoms with Crippen LogP contribution >= 0.6 is 0 Å². The Morgan fingerprint density at radius 1 is 1.44 bits per heavy atom. The third-order valence-corrected chi connectivity index (χ3v) is 2.15. The van der Waals surface area contributed by atoms with Gasteiger partial charge in [-0.2, -0.15) is 5.10 Å². The van der Waals surface area contributed by atoms with Crippen LogP contribution in [0.25, 0.3) is 0 Å². The average molecular weight is 247 g/mol. The van der Waals surface area contributed by atoms with E-state index in [1.165, 1.54) is 42.8 Å². The zero-order chi connectivity index (χ0) is 13.0. The first kappa shape index (κ1) is 11.7. The molecule has 0 radical (unpaired) electrons. The highest BCUT2D eigenvalue weighted by atomic mass is 16.6. The first-order chi connectivity index (χ1) is 8.70. The van der Waals surface area contributed by atoms with Crippen LogP contribution in [0, 0.1) is 10.1 Å². The van der Waals surface area contributed by atoms with Crippen molar-refractivity contribution in [2.45, 2.75) is 0 Å². The first-order valence-corrected chi connectivity index (χ1v) is 4.92. The van der Waals surface area contributed by atoms with Gasteiger partial charge in [-0.05, 0) is 12.1 Å². The van der Waals surface area contributed by atoms with Gasteiger partial charge in [-0.1, -0.05) is 0 Å². The molecule has 0 amide bonds. The summed E-state index contributed by atoms with van der Waals surface area (Å²) in [4.78, 5) is 10.3. The summed E-state index contributed by atoms with van der Waals surface area (Å²) in [5.41, 5.74) is 0.474. The van der Waals surface area contributed by atoms with Crippen LogP contribution in [0.5, 0.6) is 5.75 Å². The van der Waals surface area contributed by atoms with Crippen LogP contribution in [0.15, 0.2) is 36.0 Å². The Bertz CT molecular complexity index is 579. The Morgan fingerprint density at radius 2 is 2.17 bits per heavy atom. The summed E-state index contributed by atoms with van der Waals surface area (Å²) in [6.07, 6.45) is 4.29. The Kier molecular flexibility index (Phi) is 3.28. The highest BCUT2D eigenvalue weighted by Gasteiger charge is 2.14. The van der Waals surface area contributed by atoms with Gasteiger partial charge in [0.25, 0.3) is 0 Å². The predicted molar refractivity (Wildman–Crippen MR) is 62.7 cm³/mol. The molecule has 0 unspecified atom stereocenters. The average Bonchev–Trinajstić information content (AvgIpc) is 2.89. The minimum absolute atomic E-state index is 0.106. The summed E-state index contributed by atoms with van der Waals surface area (Å²) in [7, 11) is 1.38. The highest BCUT2D eigenvalue weighted by molar-refractivity contribution is 5.81. The maximum absolute atomic E-state index is 10.8. The lowest BCUT2D eigenvalue weighted by Crippen LogP contribution is -1.95. The number of nitro benzene ring substituents is 1. The third-order valence-electron chi connectivity index (χ3n) is 2.15. The fourth-order valence-electron chi connectivity index (χ4n) is 1.32. The molecule has 8 nitrogen and oxygen atoms in total. The Balaban J connectivity index is 2.30. The maximum atomic E-state index is 10.8. The molecule has 1 aromatic heterocycles. The molecule has 2 aromatic rings. The van der Waals surface area contributed by atoms with Crippen molar-refractivity contribution in [1.29, 1.82) is 0 Å². The summed E-state index contributed by atoms with van der Waals surface area (Å²) in [5, 5.41) is 22.0. The van der Waals surface area contributed by atoms with Crippen LogP contribution in [0.3, 0.4) is 0 Å². The van der Waals surface area contributed by atoms with Gasteiger partial charge in [-0.15, -0.1) is 10.2 Å². The van der Waals surface area contributed by atoms with E-state index < -0.39 is 4.92 Å². The Morgan fingerprint density at radius 3 is 2.78 bits per heavy atom. The lowest BCUT2D eigenvalue weighted by atomic mass is 10.2. The molecule has 0 fully saturated rings. The maximum Gasteiger partial charge on any atom is 0.311 e. The molecule has 1 aromatic carbocycles. The van der Waals surface area contributed by atoms with E-state index in [-0.39, 0.29) is 11.4 Å². The van der Waals surface area contributed by atoms with Crippen LogP contribution in [-0.2, 0) is 0 Å². The Hall–Kier alpha value is -2.77. The predicted octanol–water partition coefficient (Wildman–Crippen LogP) is 1.08. The fourth-order valence-corrected chi connectivity index (χ4v) is 1.32. The van der Waals surface area contributed by atoms with Crippen molar-refractivity contribution in [3.63, 3.8) is 0 Å². The summed E-state index contributed by atoms with van der Waals surface area (Å²) in [5.74, 6) is 0.210. The van der Waals surface area contributed by atoms with Crippen molar-refractivity contribution in [3.05, 3.63) is 46.5 Å². The SMILES string of the molecule is COc1ccc(/C=N/n2cnnc2)cc1[N+](=O)[O-]. The number of nitrogens with zero attached hydrogens (tertiary/aromatic N) is 5. The molecule has 92 valence electrons. The van der Waals surface area contributed by atoms with Gasteiger partial charge >= 0.3 is 5.69 Å². The van der Waals surface area contributed by atoms with Gasteiger partial charge in [0.1, 0.15) is 12.7 Å². The van der Waals surface area contributed by atoms with Crippen LogP contribution in [0.4, 0.5) is 5.69 Å². The number of rotatable bonds is 4. The van der Waals surface area contributed by atoms with Gasteiger partial charge in [0, 0.05) is 11.6 Å². The van der Waals surface area contributed by atoms with E-state index in [1.54, 1.807) is 6.07 Å². The number of ether oxygens (including phenoxy) is 1. The van der Waals surface area contributed by atoms with Gasteiger partial charge < -0.3 is 4.74 Å². The number of methoxy groups -OCH3 is 1. The molecule has 0 saturated carbocycles. The van der Waals surface area contributed by atoms with Crippen molar-refractivity contribution >= 4 is 11.9 Å². The lowest BCUT2D eigenvalue weighted by molar-refractivity contribution is -0.385. The van der Waals surface area contributed by atoms with Crippen molar-refractivity contribution < 1.29 is 9.66 Å². The molecule has 18 heavy (non-hydrogen) atoms. The van der Waals surface area contributed by atoms with Crippen LogP contribution in [-0.4, -0.2) is 33.1 Å². The molecule has 0 N–H and O–H groups in total. The summed E-state index contributed by atoms with van der Waals surface area (Å²) >= 11 is 0. The molecule has 0 saturated heterocycles. The van der Waals surface area contributed by atoms with Gasteiger partial charge in [0.2, 0.25) is 0 Å². The van der Waals surface area contributed by atoms with E-state index in [0.29, 0.717) is 5.56 Å². The standard InChI is InChI=1S/C10H9N5O3/c1-18-10-3-2-8(4-9(10)15(16)17)5-13-14-6-11-12-7-14/h2-7H,1H3/b13-5+. The van der Waals surface area contributed by atoms with E-state index in [4.69, 9.17) is 4.74 Å². The number of hydrogen-bond donors (Lipinski definition) is 0. The minimum Gasteiger partial charge on any atom is -0.490 e. The second-order valence-electron chi connectivity index (χ2n) is 3.27. The lowest BCUT2D eigenvalue weighted by Gasteiger charge is -2.01. The van der Waals surface area contributed by atoms with E-state index >= 15 is 0 Å². The Labute approximate surface area is 102 Å². The molecule has 0 aliphatic heterocycles. The summed E-state index contributed by atoms with van der Waals surface area (Å²) < 4.78 is 6.29. The normalized spacial score (nSPS) is 10.7. The highest BCUT2D eigenvalue weighted by Crippen LogP contribution is 2.26. The molecular weight excluding hydrogens is 238 g/mol. The molecule has 0 aliphatic rings. The molecule has 0 aliphatic carbocycles. The minimum atomic E-state index is -0.505. The second-order valence-corrected chi connectivity index (χ2v) is 3.27. The van der Waals surface area contributed by atoms with E-state index in [9.17, 15) is 10.1 Å². The van der Waals surface area contributed by atoms with Gasteiger partial charge in [-0.3, -0.25) is 10.1 Å². The van der Waals surface area contributed by atoms with Gasteiger partial charge in [0.15, 0.2) is 5.75 Å². The summed E-state index contributed by atoms with van der Waals surface area (Å²) in [6, 6.07) is 4.57. The zero-order valence-corrected chi connectivity index (χ0v) is 9.42. The molecule has 8 heteroatoms. The topological polar surface area (TPSA) is 95.4 Å².